The van der Waals surface area contributed by atoms with E-state index >= 15 is 0 Å². The Morgan fingerprint density at radius 2 is 2.04 bits per heavy atom. The van der Waals surface area contributed by atoms with Crippen LogP contribution < -0.4 is 16.6 Å². The third-order valence-corrected chi connectivity index (χ3v) is 4.18. The number of aromatic amines is 1. The van der Waals surface area contributed by atoms with E-state index < -0.39 is 0 Å². The lowest BCUT2D eigenvalue weighted by atomic mass is 9.97. The number of guanidine groups is 1. The third-order valence-electron chi connectivity index (χ3n) is 4.18. The van der Waals surface area contributed by atoms with Gasteiger partial charge < -0.3 is 11.1 Å². The molecule has 0 saturated carbocycles. The van der Waals surface area contributed by atoms with E-state index in [0.29, 0.717) is 0 Å². The highest BCUT2D eigenvalue weighted by Gasteiger charge is 2.15. The Bertz CT molecular complexity index is 822. The number of fused-ring (bicyclic) bond motifs is 1. The minimum absolute atomic E-state index is 0.104. The maximum Gasteiger partial charge on any atom is 0.255 e. The number of hydrogen-bond donors (Lipinski definition) is 3. The van der Waals surface area contributed by atoms with Crippen LogP contribution in [0.5, 0.6) is 0 Å². The van der Waals surface area contributed by atoms with Crippen molar-refractivity contribution in [1.82, 2.24) is 9.97 Å². The van der Waals surface area contributed by atoms with Gasteiger partial charge in [-0.05, 0) is 62.8 Å². The van der Waals surface area contributed by atoms with Gasteiger partial charge in [-0.1, -0.05) is 6.07 Å². The molecule has 6 nitrogen and oxygen atoms in total. The van der Waals surface area contributed by atoms with E-state index in [2.05, 4.69) is 27.2 Å². The van der Waals surface area contributed by atoms with Crippen LogP contribution in [0.25, 0.3) is 0 Å². The van der Waals surface area contributed by atoms with Crippen LogP contribution in [0.1, 0.15) is 35.2 Å². The molecule has 0 bridgehead atoms. The zero-order chi connectivity index (χ0) is 16.4. The van der Waals surface area contributed by atoms with E-state index in [1.807, 2.05) is 25.1 Å². The number of anilines is 1. The molecule has 23 heavy (non-hydrogen) atoms. The molecule has 0 amide bonds. The number of rotatable bonds is 2. The number of aryl methyl sites for hydroxylation is 3. The standard InChI is InChI=1S/C17H21N5O/c1-10-7-8-12(9-11(10)2)19-16(18)22-17-20-14-6-4-3-5-13(14)15(23)21-17/h7-9H,3-6H2,1-2H3,(H4,18,19,20,21,22,23). The molecule has 0 atom stereocenters. The lowest BCUT2D eigenvalue weighted by molar-refractivity contribution is 0.657. The second-order valence-corrected chi connectivity index (χ2v) is 5.94. The number of benzene rings is 1. The molecule has 0 aliphatic heterocycles. The second kappa shape index (κ2) is 6.24. The summed E-state index contributed by atoms with van der Waals surface area (Å²) in [7, 11) is 0. The largest absolute Gasteiger partial charge is 0.369 e. The Labute approximate surface area is 134 Å². The second-order valence-electron chi connectivity index (χ2n) is 5.94. The maximum absolute atomic E-state index is 12.1. The normalized spacial score (nSPS) is 14.4. The van der Waals surface area contributed by atoms with Gasteiger partial charge >= 0.3 is 0 Å². The fourth-order valence-electron chi connectivity index (χ4n) is 2.75. The quantitative estimate of drug-likeness (QED) is 0.586. The van der Waals surface area contributed by atoms with E-state index in [9.17, 15) is 4.79 Å². The summed E-state index contributed by atoms with van der Waals surface area (Å²) < 4.78 is 0. The van der Waals surface area contributed by atoms with Gasteiger partial charge in [0, 0.05) is 11.3 Å². The molecule has 0 saturated heterocycles. The summed E-state index contributed by atoms with van der Waals surface area (Å²) in [5.41, 5.74) is 10.7. The average Bonchev–Trinajstić information content (AvgIpc) is 2.51. The van der Waals surface area contributed by atoms with Gasteiger partial charge in [0.05, 0.1) is 5.69 Å². The van der Waals surface area contributed by atoms with Crippen LogP contribution in [0.4, 0.5) is 11.6 Å². The van der Waals surface area contributed by atoms with Crippen LogP contribution in [-0.4, -0.2) is 15.9 Å². The van der Waals surface area contributed by atoms with E-state index in [0.717, 1.165) is 42.6 Å². The van der Waals surface area contributed by atoms with Crippen molar-refractivity contribution in [3.8, 4) is 0 Å². The van der Waals surface area contributed by atoms with Crippen molar-refractivity contribution in [3.05, 3.63) is 50.9 Å². The Morgan fingerprint density at radius 1 is 1.26 bits per heavy atom. The van der Waals surface area contributed by atoms with Gasteiger partial charge in [-0.15, -0.1) is 0 Å². The minimum Gasteiger partial charge on any atom is -0.369 e. The molecular weight excluding hydrogens is 290 g/mol. The molecule has 6 heteroatoms. The Morgan fingerprint density at radius 3 is 2.83 bits per heavy atom. The zero-order valence-electron chi connectivity index (χ0n) is 13.4. The summed E-state index contributed by atoms with van der Waals surface area (Å²) in [6.45, 7) is 4.09. The predicted molar refractivity (Wildman–Crippen MR) is 92.3 cm³/mol. The Kier molecular flexibility index (Phi) is 4.14. The fraction of sp³-hybridized carbons (Fsp3) is 0.353. The highest BCUT2D eigenvalue weighted by atomic mass is 16.1. The molecular formula is C17H21N5O. The minimum atomic E-state index is -0.104. The molecule has 0 fully saturated rings. The van der Waals surface area contributed by atoms with Crippen LogP contribution in [0.3, 0.4) is 0 Å². The molecule has 0 radical (unpaired) electrons. The molecule has 0 unspecified atom stereocenters. The van der Waals surface area contributed by atoms with Crippen molar-refractivity contribution >= 4 is 17.6 Å². The van der Waals surface area contributed by atoms with Crippen LogP contribution >= 0.6 is 0 Å². The van der Waals surface area contributed by atoms with E-state index in [1.165, 1.54) is 11.1 Å². The number of H-pyrrole nitrogens is 1. The molecule has 1 aliphatic rings. The molecule has 3 rings (SSSR count). The zero-order valence-corrected chi connectivity index (χ0v) is 13.4. The molecule has 2 aromatic rings. The number of nitrogens with zero attached hydrogens (tertiary/aromatic N) is 2. The van der Waals surface area contributed by atoms with Crippen molar-refractivity contribution in [2.75, 3.05) is 5.32 Å². The van der Waals surface area contributed by atoms with Gasteiger partial charge in [-0.3, -0.25) is 9.78 Å². The first-order valence-electron chi connectivity index (χ1n) is 7.83. The first-order chi connectivity index (χ1) is 11.0. The predicted octanol–water partition coefficient (Wildman–Crippen LogP) is 2.32. The molecule has 1 aromatic carbocycles. The SMILES string of the molecule is Cc1ccc(NC(N)=Nc2nc3c(c(=O)[nH]2)CCCC3)cc1C. The summed E-state index contributed by atoms with van der Waals surface area (Å²) in [5, 5.41) is 3.02. The van der Waals surface area contributed by atoms with Crippen molar-refractivity contribution in [2.24, 2.45) is 10.7 Å². The molecule has 1 aliphatic carbocycles. The average molecular weight is 311 g/mol. The van der Waals surface area contributed by atoms with Gasteiger partial charge in [0.15, 0.2) is 0 Å². The van der Waals surface area contributed by atoms with E-state index in [4.69, 9.17) is 5.73 Å². The number of aliphatic imine (C=N–C) groups is 1. The van der Waals surface area contributed by atoms with Gasteiger partial charge in [0.25, 0.3) is 5.56 Å². The Balaban J connectivity index is 1.84. The van der Waals surface area contributed by atoms with Crippen LogP contribution in [0, 0.1) is 13.8 Å². The van der Waals surface area contributed by atoms with Gasteiger partial charge in [-0.2, -0.15) is 4.99 Å². The molecule has 1 aromatic heterocycles. The smallest absolute Gasteiger partial charge is 0.255 e. The first kappa shape index (κ1) is 15.3. The molecule has 1 heterocycles. The van der Waals surface area contributed by atoms with Crippen molar-refractivity contribution < 1.29 is 0 Å². The third kappa shape index (κ3) is 3.41. The highest BCUT2D eigenvalue weighted by molar-refractivity contribution is 5.93. The van der Waals surface area contributed by atoms with E-state index in [-0.39, 0.29) is 17.5 Å². The first-order valence-corrected chi connectivity index (χ1v) is 7.83. The van der Waals surface area contributed by atoms with Crippen LogP contribution in [0.15, 0.2) is 28.0 Å². The molecule has 120 valence electrons. The fourth-order valence-corrected chi connectivity index (χ4v) is 2.75. The van der Waals surface area contributed by atoms with Crippen LogP contribution in [-0.2, 0) is 12.8 Å². The highest BCUT2D eigenvalue weighted by Crippen LogP contribution is 2.18. The van der Waals surface area contributed by atoms with Gasteiger partial charge in [-0.25, -0.2) is 4.98 Å². The number of hydrogen-bond acceptors (Lipinski definition) is 3. The van der Waals surface area contributed by atoms with Crippen molar-refractivity contribution in [1.29, 1.82) is 0 Å². The van der Waals surface area contributed by atoms with E-state index in [1.54, 1.807) is 0 Å². The summed E-state index contributed by atoms with van der Waals surface area (Å²) in [4.78, 5) is 23.4. The van der Waals surface area contributed by atoms with Gasteiger partial charge in [0.1, 0.15) is 0 Å². The summed E-state index contributed by atoms with van der Waals surface area (Å²) in [5.74, 6) is 0.455. The topological polar surface area (TPSA) is 96.2 Å². The number of nitrogens with one attached hydrogen (secondary N) is 2. The number of aromatic nitrogens is 2. The summed E-state index contributed by atoms with van der Waals surface area (Å²) >= 11 is 0. The lowest BCUT2D eigenvalue weighted by Gasteiger charge is -2.13. The maximum atomic E-state index is 12.1. The van der Waals surface area contributed by atoms with Crippen LogP contribution in [0.2, 0.25) is 0 Å². The summed E-state index contributed by atoms with van der Waals surface area (Å²) in [6, 6.07) is 5.96. The van der Waals surface area contributed by atoms with Crippen molar-refractivity contribution in [3.63, 3.8) is 0 Å². The Hall–Kier alpha value is -2.63. The van der Waals surface area contributed by atoms with Crippen molar-refractivity contribution in [2.45, 2.75) is 39.5 Å². The molecule has 0 spiro atoms. The van der Waals surface area contributed by atoms with Gasteiger partial charge in [0.2, 0.25) is 11.9 Å². The number of nitrogens with two attached hydrogens (primary N) is 1. The lowest BCUT2D eigenvalue weighted by Crippen LogP contribution is -2.24. The monoisotopic (exact) mass is 311 g/mol. The molecule has 4 N–H and O–H groups in total. The summed E-state index contributed by atoms with van der Waals surface area (Å²) in [6.07, 6.45) is 3.71.